The van der Waals surface area contributed by atoms with Crippen molar-refractivity contribution in [1.29, 1.82) is 0 Å². The molecule has 1 aromatic rings. The van der Waals surface area contributed by atoms with Crippen LogP contribution in [-0.2, 0) is 4.79 Å². The zero-order chi connectivity index (χ0) is 14.0. The van der Waals surface area contributed by atoms with E-state index in [0.29, 0.717) is 11.3 Å². The molecule has 1 heterocycles. The summed E-state index contributed by atoms with van der Waals surface area (Å²) in [7, 11) is 1.44. The van der Waals surface area contributed by atoms with Crippen LogP contribution in [-0.4, -0.2) is 23.1 Å². The molecule has 2 N–H and O–H groups in total. The lowest BCUT2D eigenvalue weighted by molar-refractivity contribution is -0.384. The summed E-state index contributed by atoms with van der Waals surface area (Å²) in [4.78, 5) is 21.7. The van der Waals surface area contributed by atoms with Gasteiger partial charge in [0.05, 0.1) is 12.0 Å². The van der Waals surface area contributed by atoms with Crippen LogP contribution in [0.5, 0.6) is 5.75 Å². The molecular weight excluding hydrogens is 270 g/mol. The van der Waals surface area contributed by atoms with E-state index in [1.165, 1.54) is 31.4 Å². The Hall–Kier alpha value is -2.48. The molecule has 0 radical (unpaired) electrons. The summed E-state index contributed by atoms with van der Waals surface area (Å²) in [6.07, 6.45) is 1.44. The number of non-ortho nitro benzene ring substituents is 1. The molecule has 0 atom stereocenters. The number of rotatable bonds is 3. The Morgan fingerprint density at radius 3 is 2.68 bits per heavy atom. The van der Waals surface area contributed by atoms with Crippen LogP contribution in [0.15, 0.2) is 23.9 Å². The van der Waals surface area contributed by atoms with E-state index >= 15 is 0 Å². The summed E-state index contributed by atoms with van der Waals surface area (Å²) in [5.74, 6) is 0.0316. The summed E-state index contributed by atoms with van der Waals surface area (Å²) in [5, 5.41) is 16.0. The van der Waals surface area contributed by atoms with E-state index in [0.717, 1.165) is 0 Å². The molecule has 0 aliphatic carbocycles. The largest absolute Gasteiger partial charge is 0.496 e. The van der Waals surface area contributed by atoms with Crippen molar-refractivity contribution >= 4 is 35.0 Å². The quantitative estimate of drug-likeness (QED) is 0.370. The molecule has 19 heavy (non-hydrogen) atoms. The topological polar surface area (TPSA) is 93.5 Å². The smallest absolute Gasteiger partial charge is 0.273 e. The van der Waals surface area contributed by atoms with Crippen LogP contribution in [0.25, 0.3) is 6.08 Å². The molecule has 1 amide bonds. The molecule has 1 aliphatic heterocycles. The fourth-order valence-electron chi connectivity index (χ4n) is 1.59. The van der Waals surface area contributed by atoms with Gasteiger partial charge in [-0.05, 0) is 24.4 Å². The molecule has 0 bridgehead atoms. The van der Waals surface area contributed by atoms with Crippen molar-refractivity contribution in [3.8, 4) is 5.75 Å². The fraction of sp³-hybridized carbons (Fsp3) is 0.0909. The van der Waals surface area contributed by atoms with Gasteiger partial charge in [-0.15, -0.1) is 0 Å². The van der Waals surface area contributed by atoms with E-state index in [-0.39, 0.29) is 16.5 Å². The highest BCUT2D eigenvalue weighted by atomic mass is 32.1. The fourth-order valence-corrected chi connectivity index (χ4v) is 1.79. The van der Waals surface area contributed by atoms with Crippen molar-refractivity contribution in [3.05, 3.63) is 39.6 Å². The molecule has 98 valence electrons. The van der Waals surface area contributed by atoms with Gasteiger partial charge in [0.1, 0.15) is 11.4 Å². The van der Waals surface area contributed by atoms with E-state index in [9.17, 15) is 14.9 Å². The molecule has 0 spiro atoms. The Morgan fingerprint density at radius 1 is 1.42 bits per heavy atom. The highest BCUT2D eigenvalue weighted by Crippen LogP contribution is 2.26. The van der Waals surface area contributed by atoms with E-state index in [4.69, 9.17) is 17.0 Å². The number of amides is 1. The molecule has 0 saturated carbocycles. The number of hydrogen-bond donors (Lipinski definition) is 2. The van der Waals surface area contributed by atoms with Crippen LogP contribution in [0.4, 0.5) is 5.69 Å². The number of nitrogens with one attached hydrogen (secondary N) is 2. The Balaban J connectivity index is 2.45. The van der Waals surface area contributed by atoms with E-state index in [1.54, 1.807) is 0 Å². The lowest BCUT2D eigenvalue weighted by Gasteiger charge is -2.05. The zero-order valence-corrected chi connectivity index (χ0v) is 10.6. The second-order valence-corrected chi connectivity index (χ2v) is 4.06. The lowest BCUT2D eigenvalue weighted by Crippen LogP contribution is -2.21. The van der Waals surface area contributed by atoms with Crippen molar-refractivity contribution in [2.45, 2.75) is 0 Å². The van der Waals surface area contributed by atoms with Gasteiger partial charge in [-0.25, -0.2) is 0 Å². The van der Waals surface area contributed by atoms with Crippen LogP contribution in [0, 0.1) is 10.1 Å². The number of nitro groups is 1. The number of benzene rings is 1. The number of ether oxygens (including phenoxy) is 1. The molecule has 1 aromatic carbocycles. The first-order chi connectivity index (χ1) is 9.01. The third-order valence-corrected chi connectivity index (χ3v) is 2.65. The molecule has 1 saturated heterocycles. The minimum Gasteiger partial charge on any atom is -0.496 e. The predicted octanol–water partition coefficient (Wildman–Crippen LogP) is 0.949. The van der Waals surface area contributed by atoms with Crippen molar-refractivity contribution in [3.63, 3.8) is 0 Å². The van der Waals surface area contributed by atoms with Crippen molar-refractivity contribution in [2.75, 3.05) is 7.11 Å². The molecular formula is C11H9N3O4S. The maximum Gasteiger partial charge on any atom is 0.273 e. The van der Waals surface area contributed by atoms with Gasteiger partial charge in [0.15, 0.2) is 5.11 Å². The maximum atomic E-state index is 11.5. The summed E-state index contributed by atoms with van der Waals surface area (Å²) < 4.78 is 5.09. The molecule has 1 aliphatic rings. The summed E-state index contributed by atoms with van der Waals surface area (Å²) >= 11 is 4.79. The molecule has 8 heteroatoms. The van der Waals surface area contributed by atoms with Crippen LogP contribution >= 0.6 is 12.2 Å². The Bertz CT molecular complexity index is 612. The monoisotopic (exact) mass is 279 g/mol. The number of nitrogens with zero attached hydrogens (tertiary/aromatic N) is 1. The van der Waals surface area contributed by atoms with Gasteiger partial charge in [-0.1, -0.05) is 0 Å². The molecule has 0 aromatic heterocycles. The van der Waals surface area contributed by atoms with Crippen LogP contribution in [0.2, 0.25) is 0 Å². The first-order valence-electron chi connectivity index (χ1n) is 5.17. The summed E-state index contributed by atoms with van der Waals surface area (Å²) in [6.45, 7) is 0. The van der Waals surface area contributed by atoms with E-state index in [2.05, 4.69) is 10.6 Å². The average molecular weight is 279 g/mol. The number of thiocarbonyl (C=S) groups is 1. The number of hydrogen-bond acceptors (Lipinski definition) is 5. The second-order valence-electron chi connectivity index (χ2n) is 3.65. The first-order valence-corrected chi connectivity index (χ1v) is 5.58. The third-order valence-electron chi connectivity index (χ3n) is 2.44. The van der Waals surface area contributed by atoms with Crippen molar-refractivity contribution in [2.24, 2.45) is 0 Å². The van der Waals surface area contributed by atoms with Gasteiger partial charge in [-0.2, -0.15) is 0 Å². The van der Waals surface area contributed by atoms with Gasteiger partial charge < -0.3 is 10.1 Å². The Labute approximate surface area is 113 Å². The van der Waals surface area contributed by atoms with E-state index < -0.39 is 10.8 Å². The highest BCUT2D eigenvalue weighted by Gasteiger charge is 2.21. The van der Waals surface area contributed by atoms with Gasteiger partial charge in [0.25, 0.3) is 11.6 Å². The first kappa shape index (κ1) is 13.0. The van der Waals surface area contributed by atoms with Crippen LogP contribution in [0.1, 0.15) is 5.56 Å². The summed E-state index contributed by atoms with van der Waals surface area (Å²) in [6, 6.07) is 4.12. The SMILES string of the molecule is COc1ccc([N+](=O)[O-])cc1C=C1NC(=S)NC1=O. The van der Waals surface area contributed by atoms with Gasteiger partial charge in [0.2, 0.25) is 0 Å². The van der Waals surface area contributed by atoms with Gasteiger partial charge in [0, 0.05) is 17.7 Å². The third kappa shape index (κ3) is 2.68. The molecule has 1 fully saturated rings. The Morgan fingerprint density at radius 2 is 2.16 bits per heavy atom. The Kier molecular flexibility index (Phi) is 3.43. The van der Waals surface area contributed by atoms with Crippen molar-refractivity contribution in [1.82, 2.24) is 10.6 Å². The maximum absolute atomic E-state index is 11.5. The molecule has 0 unspecified atom stereocenters. The predicted molar refractivity (Wildman–Crippen MR) is 71.5 cm³/mol. The second kappa shape index (κ2) is 5.02. The van der Waals surface area contributed by atoms with E-state index in [1.807, 2.05) is 0 Å². The summed E-state index contributed by atoms with van der Waals surface area (Å²) in [5.41, 5.74) is 0.538. The average Bonchev–Trinajstić information content (AvgIpc) is 2.67. The normalized spacial score (nSPS) is 16.2. The minimum atomic E-state index is -0.520. The minimum absolute atomic E-state index is 0.0892. The molecule has 7 nitrogen and oxygen atoms in total. The van der Waals surface area contributed by atoms with Crippen molar-refractivity contribution < 1.29 is 14.5 Å². The van der Waals surface area contributed by atoms with Gasteiger partial charge in [-0.3, -0.25) is 20.2 Å². The van der Waals surface area contributed by atoms with Crippen LogP contribution in [0.3, 0.4) is 0 Å². The number of nitro benzene ring substituents is 1. The number of carbonyl (C=O) groups is 1. The van der Waals surface area contributed by atoms with Crippen LogP contribution < -0.4 is 15.4 Å². The highest BCUT2D eigenvalue weighted by molar-refractivity contribution is 7.80. The standard InChI is InChI=1S/C11H9N3O4S/c1-18-9-3-2-7(14(16)17)4-6(9)5-8-10(15)13-11(19)12-8/h2-5H,1H3,(H2,12,13,15,19). The zero-order valence-electron chi connectivity index (χ0n) is 9.80. The molecule has 2 rings (SSSR count). The number of methoxy groups -OCH3 is 1. The lowest BCUT2D eigenvalue weighted by atomic mass is 10.1. The van der Waals surface area contributed by atoms with Gasteiger partial charge >= 0.3 is 0 Å². The number of carbonyl (C=O) groups excluding carboxylic acids is 1.